The molecule has 5 nitrogen and oxygen atoms in total. The third-order valence-corrected chi connectivity index (χ3v) is 2.68. The zero-order chi connectivity index (χ0) is 12.1. The van der Waals surface area contributed by atoms with E-state index in [1.165, 1.54) is 7.11 Å². The molecular formula is C9H16NO4Zn. The van der Waals surface area contributed by atoms with Crippen LogP contribution in [0.15, 0.2) is 0 Å². The van der Waals surface area contributed by atoms with Crippen LogP contribution in [0, 0.1) is 0 Å². The van der Waals surface area contributed by atoms with E-state index in [0.717, 1.165) is 18.3 Å². The number of carbonyl (C=O) groups is 2. The van der Waals surface area contributed by atoms with Crippen LogP contribution >= 0.6 is 0 Å². The summed E-state index contributed by atoms with van der Waals surface area (Å²) in [6, 6.07) is -0.593. The SMILES string of the molecule is COC(=O)C([CH2][Zn])NC(=O)OC(C)(C)C. The number of ether oxygens (including phenoxy) is 2. The molecule has 1 amide bonds. The fourth-order valence-electron chi connectivity index (χ4n) is 0.841. The number of carbonyl (C=O) groups excluding carboxylic acids is 2. The van der Waals surface area contributed by atoms with Gasteiger partial charge in [-0.05, 0) is 0 Å². The Morgan fingerprint density at radius 1 is 1.40 bits per heavy atom. The molecule has 0 heterocycles. The quantitative estimate of drug-likeness (QED) is 0.612. The first-order chi connectivity index (χ1) is 6.80. The molecule has 1 N–H and O–H groups in total. The minimum atomic E-state index is -0.593. The number of rotatable bonds is 3. The normalized spacial score (nSPS) is 12.9. The summed E-state index contributed by atoms with van der Waals surface area (Å²) in [5.41, 5.74) is -0.561. The van der Waals surface area contributed by atoms with Gasteiger partial charge in [0, 0.05) is 0 Å². The number of methoxy groups -OCH3 is 1. The van der Waals surface area contributed by atoms with E-state index >= 15 is 0 Å². The van der Waals surface area contributed by atoms with Crippen LogP contribution in [0.2, 0.25) is 5.02 Å². The fraction of sp³-hybridized carbons (Fsp3) is 0.778. The second kappa shape index (κ2) is 6.06. The van der Waals surface area contributed by atoms with Gasteiger partial charge < -0.3 is 0 Å². The summed E-state index contributed by atoms with van der Waals surface area (Å²) < 4.78 is 9.57. The van der Waals surface area contributed by atoms with E-state index in [2.05, 4.69) is 10.1 Å². The van der Waals surface area contributed by atoms with Crippen LogP contribution in [0.1, 0.15) is 20.8 Å². The van der Waals surface area contributed by atoms with Crippen molar-refractivity contribution in [3.8, 4) is 0 Å². The van der Waals surface area contributed by atoms with Gasteiger partial charge in [-0.25, -0.2) is 0 Å². The van der Waals surface area contributed by atoms with Crippen molar-refractivity contribution in [3.05, 3.63) is 0 Å². The van der Waals surface area contributed by atoms with Crippen LogP contribution in [0.4, 0.5) is 4.79 Å². The summed E-state index contributed by atoms with van der Waals surface area (Å²) in [4.78, 5) is 22.5. The van der Waals surface area contributed by atoms with Crippen LogP contribution in [-0.2, 0) is 32.6 Å². The maximum atomic E-state index is 11.3. The van der Waals surface area contributed by atoms with Gasteiger partial charge in [0.15, 0.2) is 0 Å². The molecule has 15 heavy (non-hydrogen) atoms. The van der Waals surface area contributed by atoms with Gasteiger partial charge in [0.25, 0.3) is 0 Å². The Bertz CT molecular complexity index is 237. The summed E-state index contributed by atoms with van der Waals surface area (Å²) in [5, 5.41) is 3.06. The molecule has 0 saturated carbocycles. The van der Waals surface area contributed by atoms with E-state index in [9.17, 15) is 9.59 Å². The van der Waals surface area contributed by atoms with Crippen molar-refractivity contribution in [3.63, 3.8) is 0 Å². The summed E-state index contributed by atoms with van der Waals surface area (Å²) in [6.07, 6.45) is -0.591. The van der Waals surface area contributed by atoms with Gasteiger partial charge in [0.1, 0.15) is 0 Å². The number of amides is 1. The van der Waals surface area contributed by atoms with Gasteiger partial charge in [0.2, 0.25) is 0 Å². The topological polar surface area (TPSA) is 64.6 Å². The Balaban J connectivity index is 4.20. The average Bonchev–Trinajstić information content (AvgIpc) is 2.10. The number of esters is 1. The monoisotopic (exact) mass is 266 g/mol. The first-order valence-electron chi connectivity index (χ1n) is 4.66. The van der Waals surface area contributed by atoms with Crippen LogP contribution in [0.25, 0.3) is 0 Å². The molecule has 0 aromatic carbocycles. The van der Waals surface area contributed by atoms with Crippen molar-refractivity contribution in [2.75, 3.05) is 7.11 Å². The minimum absolute atomic E-state index is 0.438. The first-order valence-corrected chi connectivity index (χ1v) is 6.76. The Kier molecular flexibility index (Phi) is 5.80. The predicted octanol–water partition coefficient (Wildman–Crippen LogP) is 1.02. The Hall–Kier alpha value is -0.637. The molecule has 0 aliphatic rings. The number of alkyl carbamates (subject to hydrolysis) is 1. The van der Waals surface area contributed by atoms with Crippen LogP contribution in [0.5, 0.6) is 0 Å². The van der Waals surface area contributed by atoms with Crippen LogP contribution < -0.4 is 5.32 Å². The number of nitrogens with one attached hydrogen (secondary N) is 1. The molecule has 83 valence electrons. The van der Waals surface area contributed by atoms with Crippen molar-refractivity contribution >= 4 is 12.1 Å². The number of hydrogen-bond acceptors (Lipinski definition) is 4. The van der Waals surface area contributed by atoms with Crippen molar-refractivity contribution in [2.45, 2.75) is 37.4 Å². The van der Waals surface area contributed by atoms with Gasteiger partial charge in [-0.3, -0.25) is 0 Å². The molecule has 0 aliphatic carbocycles. The molecule has 0 saturated heterocycles. The standard InChI is InChI=1S/C9H16NO4.Zn/c1-6(7(11)13-5)10-8(12)14-9(2,3)4;/h6H,1H2,2-5H3,(H,10,12);. The zero-order valence-corrected chi connectivity index (χ0v) is 12.6. The molecule has 0 bridgehead atoms. The van der Waals surface area contributed by atoms with Gasteiger partial charge in [-0.1, -0.05) is 0 Å². The zero-order valence-electron chi connectivity index (χ0n) is 9.62. The second-order valence-electron chi connectivity index (χ2n) is 4.01. The van der Waals surface area contributed by atoms with Crippen molar-refractivity contribution in [1.82, 2.24) is 5.32 Å². The van der Waals surface area contributed by atoms with E-state index in [4.69, 9.17) is 4.74 Å². The summed E-state index contributed by atoms with van der Waals surface area (Å²) in [5.74, 6) is -0.438. The van der Waals surface area contributed by atoms with Crippen LogP contribution in [0.3, 0.4) is 0 Å². The van der Waals surface area contributed by atoms with Gasteiger partial charge in [0.05, 0.1) is 0 Å². The Labute approximate surface area is 99.6 Å². The molecule has 1 atom stereocenters. The number of hydrogen-bond donors (Lipinski definition) is 1. The Morgan fingerprint density at radius 3 is 2.27 bits per heavy atom. The molecule has 0 aromatic rings. The van der Waals surface area contributed by atoms with Crippen LogP contribution in [-0.4, -0.2) is 30.8 Å². The van der Waals surface area contributed by atoms with E-state index in [-0.39, 0.29) is 0 Å². The third-order valence-electron chi connectivity index (χ3n) is 1.47. The Morgan fingerprint density at radius 2 is 1.93 bits per heavy atom. The maximum absolute atomic E-state index is 11.3. The molecule has 0 spiro atoms. The third kappa shape index (κ3) is 6.44. The van der Waals surface area contributed by atoms with Crippen molar-refractivity contribution in [2.24, 2.45) is 0 Å². The van der Waals surface area contributed by atoms with Gasteiger partial charge in [-0.2, -0.15) is 0 Å². The molecule has 0 aromatic heterocycles. The second-order valence-corrected chi connectivity index (χ2v) is 5.22. The molecule has 0 radical (unpaired) electrons. The predicted molar refractivity (Wildman–Crippen MR) is 50.0 cm³/mol. The molecule has 6 heteroatoms. The van der Waals surface area contributed by atoms with Gasteiger partial charge in [-0.15, -0.1) is 0 Å². The summed E-state index contributed by atoms with van der Waals surface area (Å²) in [7, 11) is 1.29. The molecule has 0 fully saturated rings. The molecule has 1 unspecified atom stereocenters. The van der Waals surface area contributed by atoms with E-state index in [1.807, 2.05) is 0 Å². The van der Waals surface area contributed by atoms with E-state index < -0.39 is 23.7 Å². The van der Waals surface area contributed by atoms with E-state index in [0.29, 0.717) is 5.02 Å². The van der Waals surface area contributed by atoms with Crippen molar-refractivity contribution in [1.29, 1.82) is 0 Å². The van der Waals surface area contributed by atoms with Crippen molar-refractivity contribution < 1.29 is 37.4 Å². The van der Waals surface area contributed by atoms with Gasteiger partial charge >= 0.3 is 99.3 Å². The molecule has 0 rings (SSSR count). The fourth-order valence-corrected chi connectivity index (χ4v) is 1.64. The first kappa shape index (κ1) is 14.4. The molecule has 0 aliphatic heterocycles. The molecular weight excluding hydrogens is 251 g/mol. The average molecular weight is 268 g/mol. The van der Waals surface area contributed by atoms with E-state index in [1.54, 1.807) is 20.8 Å². The summed E-state index contributed by atoms with van der Waals surface area (Å²) >= 11 is 0.898. The summed E-state index contributed by atoms with van der Waals surface area (Å²) in [6.45, 7) is 5.29.